The molecule has 2 aromatic rings. The highest BCUT2D eigenvalue weighted by Crippen LogP contribution is 2.20. The number of pyridine rings is 1. The van der Waals surface area contributed by atoms with E-state index in [1.54, 1.807) is 4.90 Å². The van der Waals surface area contributed by atoms with E-state index in [0.29, 0.717) is 13.0 Å². The summed E-state index contributed by atoms with van der Waals surface area (Å²) in [5.41, 5.74) is -0.347. The first kappa shape index (κ1) is 19.5. The molecule has 1 aromatic carbocycles. The second-order valence-electron chi connectivity index (χ2n) is 6.73. The highest BCUT2D eigenvalue weighted by Gasteiger charge is 2.30. The maximum absolute atomic E-state index is 12.4. The molecule has 0 spiro atoms. The van der Waals surface area contributed by atoms with E-state index in [1.807, 2.05) is 30.3 Å². The molecule has 1 saturated heterocycles. The van der Waals surface area contributed by atoms with Crippen molar-refractivity contribution in [3.8, 4) is 5.75 Å². The topological polar surface area (TPSA) is 109 Å². The summed E-state index contributed by atoms with van der Waals surface area (Å²) >= 11 is 0. The Morgan fingerprint density at radius 1 is 1.18 bits per heavy atom. The van der Waals surface area contributed by atoms with Crippen LogP contribution in [0.15, 0.2) is 47.5 Å². The van der Waals surface area contributed by atoms with Crippen LogP contribution in [0.4, 0.5) is 4.79 Å². The van der Waals surface area contributed by atoms with E-state index in [0.717, 1.165) is 18.4 Å². The van der Waals surface area contributed by atoms with Crippen molar-refractivity contribution in [1.82, 2.24) is 9.47 Å². The number of carboxylic acid groups (broad SMARTS) is 1. The van der Waals surface area contributed by atoms with Gasteiger partial charge in [0.2, 0.25) is 5.43 Å². The van der Waals surface area contributed by atoms with Crippen molar-refractivity contribution in [3.63, 3.8) is 0 Å². The van der Waals surface area contributed by atoms with E-state index < -0.39 is 28.8 Å². The Balaban J connectivity index is 1.62. The van der Waals surface area contributed by atoms with Crippen molar-refractivity contribution in [2.24, 2.45) is 0 Å². The fourth-order valence-electron chi connectivity index (χ4n) is 3.37. The number of nitrogens with zero attached hydrogens (tertiary/aromatic N) is 2. The van der Waals surface area contributed by atoms with Crippen LogP contribution in [0.5, 0.6) is 5.75 Å². The second-order valence-corrected chi connectivity index (χ2v) is 6.73. The van der Waals surface area contributed by atoms with E-state index in [1.165, 1.54) is 17.0 Å². The van der Waals surface area contributed by atoms with Gasteiger partial charge in [-0.3, -0.25) is 4.79 Å². The van der Waals surface area contributed by atoms with Gasteiger partial charge >= 0.3 is 12.1 Å². The molecule has 28 heavy (non-hydrogen) atoms. The number of likely N-dealkylation sites (tertiary alicyclic amines) is 1. The molecule has 0 saturated carbocycles. The SMILES string of the molecule is O=C(O)c1cn(C[C@@H]2CCCN2C(=O)OCCc2ccccc2)cc(O)c1=O. The summed E-state index contributed by atoms with van der Waals surface area (Å²) < 4.78 is 6.82. The molecule has 0 aliphatic carbocycles. The zero-order valence-corrected chi connectivity index (χ0v) is 15.3. The average Bonchev–Trinajstić information content (AvgIpc) is 3.13. The van der Waals surface area contributed by atoms with Crippen molar-refractivity contribution >= 4 is 12.1 Å². The highest BCUT2D eigenvalue weighted by molar-refractivity contribution is 5.87. The Morgan fingerprint density at radius 2 is 1.93 bits per heavy atom. The van der Waals surface area contributed by atoms with Gasteiger partial charge in [-0.15, -0.1) is 0 Å². The van der Waals surface area contributed by atoms with Gasteiger partial charge in [-0.25, -0.2) is 9.59 Å². The van der Waals surface area contributed by atoms with Gasteiger partial charge in [-0.2, -0.15) is 0 Å². The predicted molar refractivity (Wildman–Crippen MR) is 101 cm³/mol. The Labute approximate surface area is 161 Å². The van der Waals surface area contributed by atoms with E-state index in [4.69, 9.17) is 9.84 Å². The summed E-state index contributed by atoms with van der Waals surface area (Å²) in [6.07, 6.45) is 4.11. The molecule has 1 aliphatic heterocycles. The summed E-state index contributed by atoms with van der Waals surface area (Å²) in [7, 11) is 0. The fraction of sp³-hybridized carbons (Fsp3) is 0.350. The summed E-state index contributed by atoms with van der Waals surface area (Å²) in [6, 6.07) is 9.52. The molecule has 1 aromatic heterocycles. The van der Waals surface area contributed by atoms with Crippen LogP contribution in [0.2, 0.25) is 0 Å². The van der Waals surface area contributed by atoms with Gasteiger partial charge < -0.3 is 24.4 Å². The molecule has 2 N–H and O–H groups in total. The van der Waals surface area contributed by atoms with Gasteiger partial charge in [0, 0.05) is 31.9 Å². The highest BCUT2D eigenvalue weighted by atomic mass is 16.6. The lowest BCUT2D eigenvalue weighted by atomic mass is 10.2. The average molecular weight is 386 g/mol. The number of aromatic carboxylic acids is 1. The van der Waals surface area contributed by atoms with Gasteiger partial charge in [-0.1, -0.05) is 30.3 Å². The molecule has 3 rings (SSSR count). The zero-order valence-electron chi connectivity index (χ0n) is 15.3. The molecule has 2 heterocycles. The van der Waals surface area contributed by atoms with Crippen molar-refractivity contribution in [2.45, 2.75) is 31.8 Å². The molecule has 0 radical (unpaired) electrons. The van der Waals surface area contributed by atoms with Gasteiger partial charge in [0.15, 0.2) is 5.75 Å². The molecule has 1 atom stereocenters. The lowest BCUT2D eigenvalue weighted by Gasteiger charge is -2.25. The summed E-state index contributed by atoms with van der Waals surface area (Å²) in [5.74, 6) is -2.03. The molecule has 0 bridgehead atoms. The number of amides is 1. The Hall–Kier alpha value is -3.29. The first-order valence-corrected chi connectivity index (χ1v) is 9.09. The number of rotatable bonds is 6. The molecule has 1 aliphatic rings. The molecule has 1 amide bonds. The van der Waals surface area contributed by atoms with E-state index in [-0.39, 0.29) is 19.2 Å². The standard InChI is InChI=1S/C20H22N2O6/c23-17-13-21(12-16(18(17)24)19(25)26)11-15-7-4-9-22(15)20(27)28-10-8-14-5-2-1-3-6-14/h1-3,5-6,12-13,15,23H,4,7-11H2,(H,25,26)/t15-/m0/s1. The first-order valence-electron chi connectivity index (χ1n) is 9.09. The van der Waals surface area contributed by atoms with Gasteiger partial charge in [-0.05, 0) is 18.4 Å². The molecule has 1 fully saturated rings. The Morgan fingerprint density at radius 3 is 2.64 bits per heavy atom. The number of carbonyl (C=O) groups is 2. The summed E-state index contributed by atoms with van der Waals surface area (Å²) in [4.78, 5) is 36.9. The van der Waals surface area contributed by atoms with Crippen LogP contribution in [0.25, 0.3) is 0 Å². The van der Waals surface area contributed by atoms with Crippen LogP contribution in [0.1, 0.15) is 28.8 Å². The third-order valence-electron chi connectivity index (χ3n) is 4.78. The predicted octanol–water partition coefficient (Wildman–Crippen LogP) is 2.10. The summed E-state index contributed by atoms with van der Waals surface area (Å²) in [6.45, 7) is 1.09. The number of hydrogen-bond acceptors (Lipinski definition) is 5. The summed E-state index contributed by atoms with van der Waals surface area (Å²) in [5, 5.41) is 18.8. The number of benzene rings is 1. The van der Waals surface area contributed by atoms with E-state index in [2.05, 4.69) is 0 Å². The van der Waals surface area contributed by atoms with Crippen LogP contribution in [-0.4, -0.2) is 50.9 Å². The van der Waals surface area contributed by atoms with Gasteiger partial charge in [0.05, 0.1) is 12.6 Å². The first-order chi connectivity index (χ1) is 13.5. The van der Waals surface area contributed by atoms with Crippen LogP contribution >= 0.6 is 0 Å². The molecular weight excluding hydrogens is 364 g/mol. The number of carbonyl (C=O) groups excluding carboxylic acids is 1. The van der Waals surface area contributed by atoms with Crippen LogP contribution < -0.4 is 5.43 Å². The smallest absolute Gasteiger partial charge is 0.410 e. The lowest BCUT2D eigenvalue weighted by Crippen LogP contribution is -2.39. The fourth-order valence-corrected chi connectivity index (χ4v) is 3.37. The van der Waals surface area contributed by atoms with Gasteiger partial charge in [0.1, 0.15) is 5.56 Å². The van der Waals surface area contributed by atoms with Crippen molar-refractivity contribution in [2.75, 3.05) is 13.2 Å². The lowest BCUT2D eigenvalue weighted by molar-refractivity contribution is 0.0692. The molecule has 8 heteroatoms. The number of carboxylic acids is 1. The van der Waals surface area contributed by atoms with Crippen molar-refractivity contribution in [1.29, 1.82) is 0 Å². The minimum Gasteiger partial charge on any atom is -0.503 e. The second kappa shape index (κ2) is 8.60. The van der Waals surface area contributed by atoms with Gasteiger partial charge in [0.25, 0.3) is 0 Å². The maximum atomic E-state index is 12.4. The molecular formula is C20H22N2O6. The monoisotopic (exact) mass is 386 g/mol. The van der Waals surface area contributed by atoms with E-state index in [9.17, 15) is 19.5 Å². The Kier molecular flexibility index (Phi) is 5.98. The van der Waals surface area contributed by atoms with Crippen molar-refractivity contribution in [3.05, 3.63) is 64.1 Å². The van der Waals surface area contributed by atoms with Crippen LogP contribution in [0.3, 0.4) is 0 Å². The van der Waals surface area contributed by atoms with Crippen LogP contribution in [0, 0.1) is 0 Å². The minimum atomic E-state index is -1.40. The van der Waals surface area contributed by atoms with Crippen molar-refractivity contribution < 1.29 is 24.5 Å². The zero-order chi connectivity index (χ0) is 20.1. The number of ether oxygens (including phenoxy) is 1. The normalized spacial score (nSPS) is 16.1. The third-order valence-corrected chi connectivity index (χ3v) is 4.78. The number of aromatic hydroxyl groups is 1. The number of hydrogen-bond donors (Lipinski definition) is 2. The molecule has 8 nitrogen and oxygen atoms in total. The molecule has 148 valence electrons. The largest absolute Gasteiger partial charge is 0.503 e. The van der Waals surface area contributed by atoms with E-state index >= 15 is 0 Å². The quantitative estimate of drug-likeness (QED) is 0.787. The minimum absolute atomic E-state index is 0.201. The Bertz CT molecular complexity index is 909. The van der Waals surface area contributed by atoms with Crippen LogP contribution in [-0.2, 0) is 17.7 Å². The maximum Gasteiger partial charge on any atom is 0.410 e. The molecule has 0 unspecified atom stereocenters. The third kappa shape index (κ3) is 4.51. The number of aromatic nitrogens is 1.